The average molecular weight is 311 g/mol. The molecule has 0 radical (unpaired) electrons. The van der Waals surface area contributed by atoms with Gasteiger partial charge in [0, 0.05) is 16.0 Å². The van der Waals surface area contributed by atoms with Crippen molar-refractivity contribution in [1.29, 1.82) is 0 Å². The Hall–Kier alpha value is -2.66. The molecule has 0 spiro atoms. The number of phenols is 1. The van der Waals surface area contributed by atoms with Gasteiger partial charge in [-0.3, -0.25) is 4.79 Å². The van der Waals surface area contributed by atoms with Gasteiger partial charge in [0.15, 0.2) is 0 Å². The van der Waals surface area contributed by atoms with Gasteiger partial charge in [-0.25, -0.2) is 4.98 Å². The summed E-state index contributed by atoms with van der Waals surface area (Å²) in [4.78, 5) is 16.4. The second-order valence-electron chi connectivity index (χ2n) is 4.77. The number of aromatic hydroxyl groups is 1. The first-order valence-electron chi connectivity index (χ1n) is 6.70. The summed E-state index contributed by atoms with van der Waals surface area (Å²) in [5.74, 6) is -0.717. The number of carboxylic acids is 1. The summed E-state index contributed by atoms with van der Waals surface area (Å²) in [6.45, 7) is 0. The fourth-order valence-electron chi connectivity index (χ4n) is 2.16. The summed E-state index contributed by atoms with van der Waals surface area (Å²) >= 11 is 1.39. The molecule has 0 saturated carbocycles. The molecule has 22 heavy (non-hydrogen) atoms. The predicted molar refractivity (Wildman–Crippen MR) is 86.0 cm³/mol. The zero-order valence-electron chi connectivity index (χ0n) is 11.6. The minimum atomic E-state index is -0.886. The Balaban J connectivity index is 2.09. The van der Waals surface area contributed by atoms with Crippen LogP contribution in [-0.4, -0.2) is 21.2 Å². The molecule has 0 saturated heterocycles. The summed E-state index contributed by atoms with van der Waals surface area (Å²) in [5, 5.41) is 19.3. The highest BCUT2D eigenvalue weighted by molar-refractivity contribution is 7.15. The number of carboxylic acid groups (broad SMARTS) is 1. The maximum atomic E-state index is 11.1. The van der Waals surface area contributed by atoms with Crippen LogP contribution in [0.2, 0.25) is 0 Å². The summed E-state index contributed by atoms with van der Waals surface area (Å²) < 4.78 is 0. The normalized spacial score (nSPS) is 10.5. The number of aromatic nitrogens is 1. The zero-order valence-corrected chi connectivity index (χ0v) is 12.4. The average Bonchev–Trinajstić information content (AvgIpc) is 2.92. The van der Waals surface area contributed by atoms with Crippen LogP contribution in [0.5, 0.6) is 5.75 Å². The molecule has 0 bridgehead atoms. The maximum absolute atomic E-state index is 11.1. The number of benzene rings is 2. The Bertz CT molecular complexity index is 795. The minimum Gasteiger partial charge on any atom is -0.508 e. The number of thiazole rings is 1. The van der Waals surface area contributed by atoms with Crippen LogP contribution in [0, 0.1) is 0 Å². The Morgan fingerprint density at radius 1 is 1.00 bits per heavy atom. The van der Waals surface area contributed by atoms with E-state index in [1.807, 2.05) is 30.3 Å². The first-order chi connectivity index (χ1) is 10.6. The Kier molecular flexibility index (Phi) is 3.89. The highest BCUT2D eigenvalue weighted by Crippen LogP contribution is 2.34. The lowest BCUT2D eigenvalue weighted by atomic mass is 10.1. The van der Waals surface area contributed by atoms with Crippen LogP contribution in [0.1, 0.15) is 4.88 Å². The summed E-state index contributed by atoms with van der Waals surface area (Å²) in [7, 11) is 0. The van der Waals surface area contributed by atoms with Gasteiger partial charge in [0.25, 0.3) is 0 Å². The molecule has 3 aromatic rings. The van der Waals surface area contributed by atoms with E-state index in [1.165, 1.54) is 11.3 Å². The van der Waals surface area contributed by atoms with Crippen LogP contribution < -0.4 is 0 Å². The van der Waals surface area contributed by atoms with Gasteiger partial charge in [-0.2, -0.15) is 0 Å². The van der Waals surface area contributed by atoms with Crippen molar-refractivity contribution in [1.82, 2.24) is 4.98 Å². The molecule has 110 valence electrons. The largest absolute Gasteiger partial charge is 0.508 e. The summed E-state index contributed by atoms with van der Waals surface area (Å²) in [6, 6.07) is 16.3. The van der Waals surface area contributed by atoms with E-state index in [-0.39, 0.29) is 12.2 Å². The molecular weight excluding hydrogens is 298 g/mol. The third kappa shape index (κ3) is 2.99. The molecule has 0 aliphatic rings. The maximum Gasteiger partial charge on any atom is 0.308 e. The molecule has 2 N–H and O–H groups in total. The lowest BCUT2D eigenvalue weighted by Gasteiger charge is -2.00. The van der Waals surface area contributed by atoms with E-state index < -0.39 is 5.97 Å². The Morgan fingerprint density at radius 2 is 1.68 bits per heavy atom. The monoisotopic (exact) mass is 311 g/mol. The quantitative estimate of drug-likeness (QED) is 0.768. The van der Waals surface area contributed by atoms with Crippen LogP contribution in [0.4, 0.5) is 0 Å². The van der Waals surface area contributed by atoms with Crippen molar-refractivity contribution >= 4 is 17.3 Å². The Labute approximate surface area is 131 Å². The van der Waals surface area contributed by atoms with Gasteiger partial charge in [-0.15, -0.1) is 11.3 Å². The number of aliphatic carboxylic acids is 1. The fourth-order valence-corrected chi connectivity index (χ4v) is 3.24. The number of rotatable bonds is 4. The van der Waals surface area contributed by atoms with Crippen molar-refractivity contribution in [3.8, 4) is 27.6 Å². The molecule has 1 aromatic heterocycles. The lowest BCUT2D eigenvalue weighted by Crippen LogP contribution is -1.99. The molecular formula is C17H13NO3S. The van der Waals surface area contributed by atoms with E-state index in [1.54, 1.807) is 24.3 Å². The van der Waals surface area contributed by atoms with Crippen molar-refractivity contribution in [2.24, 2.45) is 0 Å². The van der Waals surface area contributed by atoms with Crippen LogP contribution in [0.15, 0.2) is 54.6 Å². The summed E-state index contributed by atoms with van der Waals surface area (Å²) in [6.07, 6.45) is -0.0687. The second-order valence-corrected chi connectivity index (χ2v) is 5.86. The second kappa shape index (κ2) is 5.99. The molecule has 3 rings (SSSR count). The number of hydrogen-bond acceptors (Lipinski definition) is 4. The van der Waals surface area contributed by atoms with E-state index in [2.05, 4.69) is 4.98 Å². The minimum absolute atomic E-state index is 0.0687. The van der Waals surface area contributed by atoms with E-state index in [0.717, 1.165) is 16.1 Å². The van der Waals surface area contributed by atoms with Crippen molar-refractivity contribution in [3.63, 3.8) is 0 Å². The topological polar surface area (TPSA) is 70.4 Å². The highest BCUT2D eigenvalue weighted by Gasteiger charge is 2.16. The fraction of sp³-hybridized carbons (Fsp3) is 0.0588. The van der Waals surface area contributed by atoms with Gasteiger partial charge in [0.2, 0.25) is 0 Å². The molecule has 0 unspecified atom stereocenters. The Morgan fingerprint density at radius 3 is 2.32 bits per heavy atom. The molecule has 4 nitrogen and oxygen atoms in total. The van der Waals surface area contributed by atoms with E-state index in [4.69, 9.17) is 5.11 Å². The van der Waals surface area contributed by atoms with Crippen LogP contribution in [-0.2, 0) is 11.2 Å². The molecule has 0 atom stereocenters. The van der Waals surface area contributed by atoms with Crippen LogP contribution in [0.3, 0.4) is 0 Å². The van der Waals surface area contributed by atoms with Crippen molar-refractivity contribution in [3.05, 3.63) is 59.5 Å². The third-order valence-corrected chi connectivity index (χ3v) is 4.28. The van der Waals surface area contributed by atoms with Crippen LogP contribution in [0.25, 0.3) is 21.8 Å². The third-order valence-electron chi connectivity index (χ3n) is 3.17. The van der Waals surface area contributed by atoms with Crippen molar-refractivity contribution in [2.45, 2.75) is 6.42 Å². The van der Waals surface area contributed by atoms with Gasteiger partial charge in [0.05, 0.1) is 12.1 Å². The number of phenolic OH excluding ortho intramolecular Hbond substituents is 1. The number of nitrogens with zero attached hydrogens (tertiary/aromatic N) is 1. The zero-order chi connectivity index (χ0) is 15.5. The van der Waals surface area contributed by atoms with Gasteiger partial charge >= 0.3 is 5.97 Å². The summed E-state index contributed by atoms with van der Waals surface area (Å²) in [5.41, 5.74) is 2.42. The first-order valence-corrected chi connectivity index (χ1v) is 7.51. The molecule has 5 heteroatoms. The molecule has 1 heterocycles. The number of hydrogen-bond donors (Lipinski definition) is 2. The first kappa shape index (κ1) is 14.3. The van der Waals surface area contributed by atoms with Gasteiger partial charge in [0.1, 0.15) is 10.8 Å². The molecule has 0 fully saturated rings. The molecule has 0 amide bonds. The van der Waals surface area contributed by atoms with E-state index >= 15 is 0 Å². The van der Waals surface area contributed by atoms with Crippen LogP contribution >= 0.6 is 11.3 Å². The molecule has 2 aromatic carbocycles. The predicted octanol–water partition coefficient (Wildman–Crippen LogP) is 3.81. The SMILES string of the molecule is O=C(O)Cc1sc(-c2ccccc2)nc1-c1ccc(O)cc1. The van der Waals surface area contributed by atoms with Gasteiger partial charge < -0.3 is 10.2 Å². The smallest absolute Gasteiger partial charge is 0.308 e. The lowest BCUT2D eigenvalue weighted by molar-refractivity contribution is -0.136. The van der Waals surface area contributed by atoms with Gasteiger partial charge in [-0.05, 0) is 24.3 Å². The van der Waals surface area contributed by atoms with Crippen molar-refractivity contribution < 1.29 is 15.0 Å². The molecule has 0 aliphatic heterocycles. The highest BCUT2D eigenvalue weighted by atomic mass is 32.1. The molecule has 0 aliphatic carbocycles. The standard InChI is InChI=1S/C17H13NO3S/c19-13-8-6-11(7-9-13)16-14(10-15(20)21)22-17(18-16)12-4-2-1-3-5-12/h1-9,19H,10H2,(H,20,21). The van der Waals surface area contributed by atoms with Crippen molar-refractivity contribution in [2.75, 3.05) is 0 Å². The van der Waals surface area contributed by atoms with Gasteiger partial charge in [-0.1, -0.05) is 30.3 Å². The van der Waals surface area contributed by atoms with E-state index in [9.17, 15) is 9.90 Å². The number of carbonyl (C=O) groups is 1. The van der Waals surface area contributed by atoms with E-state index in [0.29, 0.717) is 10.6 Å².